The van der Waals surface area contributed by atoms with Crippen molar-refractivity contribution >= 4 is 33.4 Å². The molecule has 5 nitrogen and oxygen atoms in total. The van der Waals surface area contributed by atoms with Crippen LogP contribution in [0.1, 0.15) is 19.9 Å². The summed E-state index contributed by atoms with van der Waals surface area (Å²) in [6.07, 6.45) is 0. The van der Waals surface area contributed by atoms with Crippen LogP contribution in [0.15, 0.2) is 47.3 Å². The van der Waals surface area contributed by atoms with Gasteiger partial charge in [-0.2, -0.15) is 5.10 Å². The Labute approximate surface area is 148 Å². The monoisotopic (exact) mass is 392 g/mol. The second-order valence-electron chi connectivity index (χ2n) is 5.19. The van der Waals surface area contributed by atoms with Crippen molar-refractivity contribution in [3.8, 4) is 21.8 Å². The molecule has 0 spiro atoms. The Morgan fingerprint density at radius 3 is 2.48 bits per heavy atom. The Morgan fingerprint density at radius 1 is 1.13 bits per heavy atom. The lowest BCUT2D eigenvalue weighted by Crippen LogP contribution is -2.23. The Hall–Kier alpha value is -1.99. The molecule has 3 aromatic rings. The van der Waals surface area contributed by atoms with Crippen molar-refractivity contribution in [3.05, 3.63) is 52.8 Å². The molecule has 120 valence electrons. The molecule has 0 amide bonds. The van der Waals surface area contributed by atoms with Crippen LogP contribution < -0.4 is 11.3 Å². The molecule has 7 heteroatoms. The first-order valence-corrected chi connectivity index (χ1v) is 7.80. The molecule has 0 aliphatic rings. The number of nitrogen functional groups attached to an aromatic ring is 1. The summed E-state index contributed by atoms with van der Waals surface area (Å²) in [6.45, 7) is 3.86. The first-order chi connectivity index (χ1) is 10.6. The van der Waals surface area contributed by atoms with Crippen molar-refractivity contribution in [2.24, 2.45) is 0 Å². The zero-order chi connectivity index (χ0) is 15.7. The van der Waals surface area contributed by atoms with Gasteiger partial charge in [-0.15, -0.1) is 17.0 Å². The van der Waals surface area contributed by atoms with Crippen LogP contribution in [0.2, 0.25) is 0 Å². The molecule has 0 aliphatic carbocycles. The number of anilines is 1. The van der Waals surface area contributed by atoms with Gasteiger partial charge in [0.25, 0.3) is 5.56 Å². The van der Waals surface area contributed by atoms with E-state index in [1.54, 1.807) is 6.07 Å². The highest BCUT2D eigenvalue weighted by Crippen LogP contribution is 2.36. The maximum Gasteiger partial charge on any atom is 0.267 e. The molecule has 3 rings (SSSR count). The number of nitrogens with zero attached hydrogens (tertiary/aromatic N) is 3. The lowest BCUT2D eigenvalue weighted by atomic mass is 10.1. The second-order valence-corrected chi connectivity index (χ2v) is 6.22. The van der Waals surface area contributed by atoms with E-state index < -0.39 is 0 Å². The Morgan fingerprint density at radius 2 is 1.83 bits per heavy atom. The van der Waals surface area contributed by atoms with Gasteiger partial charge in [0.1, 0.15) is 5.69 Å². The van der Waals surface area contributed by atoms with Crippen LogP contribution in [-0.2, 0) is 0 Å². The second kappa shape index (κ2) is 7.06. The first-order valence-electron chi connectivity index (χ1n) is 6.98. The van der Waals surface area contributed by atoms with E-state index in [2.05, 4.69) is 10.1 Å². The summed E-state index contributed by atoms with van der Waals surface area (Å²) in [5.74, 6) is 0. The maximum atomic E-state index is 11.9. The van der Waals surface area contributed by atoms with Gasteiger partial charge in [0, 0.05) is 11.6 Å². The van der Waals surface area contributed by atoms with Crippen LogP contribution in [0.3, 0.4) is 0 Å². The summed E-state index contributed by atoms with van der Waals surface area (Å²) in [5.41, 5.74) is 8.27. The first kappa shape index (κ1) is 17.4. The van der Waals surface area contributed by atoms with E-state index in [1.165, 1.54) is 22.1 Å². The van der Waals surface area contributed by atoms with Gasteiger partial charge in [0.15, 0.2) is 5.13 Å². The van der Waals surface area contributed by atoms with Crippen molar-refractivity contribution in [3.63, 3.8) is 0 Å². The molecule has 0 atom stereocenters. The van der Waals surface area contributed by atoms with E-state index in [9.17, 15) is 4.79 Å². The van der Waals surface area contributed by atoms with Crippen molar-refractivity contribution < 1.29 is 0 Å². The molecule has 0 bridgehead atoms. The highest BCUT2D eigenvalue weighted by molar-refractivity contribution is 8.93. The molecule has 0 aliphatic heterocycles. The third-order valence-electron chi connectivity index (χ3n) is 3.24. The topological polar surface area (TPSA) is 73.8 Å². The van der Waals surface area contributed by atoms with Gasteiger partial charge in [0.2, 0.25) is 0 Å². The standard InChI is InChI=1S/C16H16N4OS.BrH/c1-10(2)20-13(21)9-8-12(19-20)15-14(18-16(17)22-15)11-6-4-3-5-7-11;/h3-10H,1-2H3,(H2,17,18);1H. The van der Waals surface area contributed by atoms with Gasteiger partial charge in [0.05, 0.1) is 16.6 Å². The molecule has 0 unspecified atom stereocenters. The highest BCUT2D eigenvalue weighted by atomic mass is 79.9. The molecule has 0 saturated heterocycles. The summed E-state index contributed by atoms with van der Waals surface area (Å²) in [4.78, 5) is 17.2. The normalized spacial score (nSPS) is 10.6. The minimum Gasteiger partial charge on any atom is -0.375 e. The van der Waals surface area contributed by atoms with Gasteiger partial charge in [-0.25, -0.2) is 9.67 Å². The predicted octanol–water partition coefficient (Wildman–Crippen LogP) is 3.77. The Balaban J connectivity index is 0.00000192. The zero-order valence-corrected chi connectivity index (χ0v) is 15.3. The van der Waals surface area contributed by atoms with Crippen LogP contribution in [0.4, 0.5) is 5.13 Å². The van der Waals surface area contributed by atoms with Crippen LogP contribution in [-0.4, -0.2) is 14.8 Å². The molecule has 2 N–H and O–H groups in total. The van der Waals surface area contributed by atoms with Gasteiger partial charge >= 0.3 is 0 Å². The van der Waals surface area contributed by atoms with Crippen molar-refractivity contribution in [2.45, 2.75) is 19.9 Å². The molecule has 0 fully saturated rings. The van der Waals surface area contributed by atoms with E-state index in [0.717, 1.165) is 16.1 Å². The summed E-state index contributed by atoms with van der Waals surface area (Å²) < 4.78 is 1.47. The van der Waals surface area contributed by atoms with Crippen LogP contribution in [0.25, 0.3) is 21.8 Å². The number of rotatable bonds is 3. The predicted molar refractivity (Wildman–Crippen MR) is 100 cm³/mol. The van der Waals surface area contributed by atoms with E-state index in [4.69, 9.17) is 5.73 Å². The summed E-state index contributed by atoms with van der Waals surface area (Å²) in [7, 11) is 0. The van der Waals surface area contributed by atoms with Crippen LogP contribution in [0.5, 0.6) is 0 Å². The molecule has 0 saturated carbocycles. The van der Waals surface area contributed by atoms with Crippen LogP contribution in [0, 0.1) is 0 Å². The molecular formula is C16H17BrN4OS. The molecule has 23 heavy (non-hydrogen) atoms. The van der Waals surface area contributed by atoms with E-state index in [-0.39, 0.29) is 28.6 Å². The quantitative estimate of drug-likeness (QED) is 0.735. The van der Waals surface area contributed by atoms with E-state index in [0.29, 0.717) is 10.8 Å². The smallest absolute Gasteiger partial charge is 0.267 e. The van der Waals surface area contributed by atoms with Gasteiger partial charge in [-0.1, -0.05) is 41.7 Å². The van der Waals surface area contributed by atoms with Crippen molar-refractivity contribution in [1.29, 1.82) is 0 Å². The van der Waals surface area contributed by atoms with Gasteiger partial charge in [-0.05, 0) is 19.9 Å². The number of nitrogens with two attached hydrogens (primary N) is 1. The molecular weight excluding hydrogens is 376 g/mol. The fourth-order valence-corrected chi connectivity index (χ4v) is 3.04. The number of hydrogen-bond donors (Lipinski definition) is 1. The fraction of sp³-hybridized carbons (Fsp3) is 0.188. The lowest BCUT2D eigenvalue weighted by Gasteiger charge is -2.09. The average Bonchev–Trinajstić information content (AvgIpc) is 2.90. The molecule has 2 aromatic heterocycles. The number of halogens is 1. The van der Waals surface area contributed by atoms with Gasteiger partial charge in [-0.3, -0.25) is 4.79 Å². The summed E-state index contributed by atoms with van der Waals surface area (Å²) in [6, 6.07) is 13.1. The third kappa shape index (κ3) is 3.51. The SMILES string of the molecule is Br.CC(C)n1nc(-c2sc(N)nc2-c2ccccc2)ccc1=O. The molecule has 1 aromatic carbocycles. The van der Waals surface area contributed by atoms with Crippen molar-refractivity contribution in [1.82, 2.24) is 14.8 Å². The van der Waals surface area contributed by atoms with Crippen LogP contribution >= 0.6 is 28.3 Å². The summed E-state index contributed by atoms with van der Waals surface area (Å²) >= 11 is 1.38. The maximum absolute atomic E-state index is 11.9. The summed E-state index contributed by atoms with van der Waals surface area (Å²) in [5, 5.41) is 4.94. The lowest BCUT2D eigenvalue weighted by molar-refractivity contribution is 0.505. The minimum absolute atomic E-state index is 0. The van der Waals surface area contributed by atoms with Gasteiger partial charge < -0.3 is 5.73 Å². The molecule has 0 radical (unpaired) electrons. The number of aromatic nitrogens is 3. The Bertz CT molecular complexity index is 858. The zero-order valence-electron chi connectivity index (χ0n) is 12.8. The number of thiazole rings is 1. The number of hydrogen-bond acceptors (Lipinski definition) is 5. The van der Waals surface area contributed by atoms with E-state index >= 15 is 0 Å². The highest BCUT2D eigenvalue weighted by Gasteiger charge is 2.16. The third-order valence-corrected chi connectivity index (χ3v) is 4.14. The van der Waals surface area contributed by atoms with E-state index in [1.807, 2.05) is 44.2 Å². The minimum atomic E-state index is -0.113. The van der Waals surface area contributed by atoms with Crippen molar-refractivity contribution in [2.75, 3.05) is 5.73 Å². The fourth-order valence-electron chi connectivity index (χ4n) is 2.22. The Kier molecular flexibility index (Phi) is 5.33. The largest absolute Gasteiger partial charge is 0.375 e. The number of benzene rings is 1. The molecule has 2 heterocycles. The average molecular weight is 393 g/mol.